The van der Waals surface area contributed by atoms with Gasteiger partial charge in [-0.2, -0.15) is 0 Å². The van der Waals surface area contributed by atoms with Crippen molar-refractivity contribution in [2.45, 2.75) is 19.4 Å². The van der Waals surface area contributed by atoms with Crippen molar-refractivity contribution in [3.8, 4) is 12.3 Å². The number of hydrogen-bond acceptors (Lipinski definition) is 2. The first-order valence-electron chi connectivity index (χ1n) is 4.56. The van der Waals surface area contributed by atoms with Gasteiger partial charge in [0, 0.05) is 0 Å². The minimum Gasteiger partial charge on any atom is -0.337 e. The summed E-state index contributed by atoms with van der Waals surface area (Å²) >= 11 is 0. The summed E-state index contributed by atoms with van der Waals surface area (Å²) < 4.78 is 12.5. The van der Waals surface area contributed by atoms with Gasteiger partial charge in [-0.05, 0) is 18.6 Å². The molecule has 15 heavy (non-hydrogen) atoms. The topological polar surface area (TPSA) is 42.0 Å². The molecule has 1 rings (SSSR count). The van der Waals surface area contributed by atoms with Crippen LogP contribution in [0.2, 0.25) is 0 Å². The zero-order valence-corrected chi connectivity index (χ0v) is 8.33. The molecule has 3 nitrogen and oxygen atoms in total. The molecule has 0 saturated carbocycles. The molecule has 0 aromatic carbocycles. The first-order chi connectivity index (χ1) is 7.17. The Hall–Kier alpha value is -1.89. The Morgan fingerprint density at radius 1 is 1.73 bits per heavy atom. The molecule has 0 bridgehead atoms. The molecule has 1 unspecified atom stereocenters. The van der Waals surface area contributed by atoms with Crippen molar-refractivity contribution >= 4 is 5.91 Å². The van der Waals surface area contributed by atoms with Crippen LogP contribution in [0.25, 0.3) is 0 Å². The highest BCUT2D eigenvalue weighted by Crippen LogP contribution is 1.99. The van der Waals surface area contributed by atoms with Crippen molar-refractivity contribution < 1.29 is 9.18 Å². The highest BCUT2D eigenvalue weighted by molar-refractivity contribution is 5.92. The van der Waals surface area contributed by atoms with Crippen LogP contribution in [0.1, 0.15) is 23.8 Å². The van der Waals surface area contributed by atoms with E-state index in [1.807, 2.05) is 6.92 Å². The lowest BCUT2D eigenvalue weighted by atomic mass is 10.2. The monoisotopic (exact) mass is 206 g/mol. The molecule has 0 aliphatic rings. The van der Waals surface area contributed by atoms with Gasteiger partial charge in [-0.1, -0.05) is 12.8 Å². The molecular weight excluding hydrogens is 195 g/mol. The maximum absolute atomic E-state index is 12.5. The van der Waals surface area contributed by atoms with E-state index in [1.165, 1.54) is 12.1 Å². The largest absolute Gasteiger partial charge is 0.337 e. The van der Waals surface area contributed by atoms with Crippen molar-refractivity contribution in [2.24, 2.45) is 0 Å². The summed E-state index contributed by atoms with van der Waals surface area (Å²) in [5.41, 5.74) is 0.158. The molecule has 0 radical (unpaired) electrons. The number of nitrogens with zero attached hydrogens (tertiary/aromatic N) is 1. The summed E-state index contributed by atoms with van der Waals surface area (Å²) in [5, 5.41) is 2.59. The minimum atomic E-state index is -0.476. The van der Waals surface area contributed by atoms with Gasteiger partial charge in [0.1, 0.15) is 11.5 Å². The van der Waals surface area contributed by atoms with Gasteiger partial charge in [0.2, 0.25) is 0 Å². The predicted molar refractivity (Wildman–Crippen MR) is 54.6 cm³/mol. The number of aromatic nitrogens is 1. The second-order valence-corrected chi connectivity index (χ2v) is 2.96. The van der Waals surface area contributed by atoms with Crippen LogP contribution in [0.3, 0.4) is 0 Å². The molecule has 1 atom stereocenters. The van der Waals surface area contributed by atoms with E-state index in [1.54, 1.807) is 0 Å². The van der Waals surface area contributed by atoms with E-state index in [4.69, 9.17) is 6.42 Å². The van der Waals surface area contributed by atoms with Crippen LogP contribution < -0.4 is 5.32 Å². The molecular formula is C11H11FN2O. The molecule has 1 aromatic heterocycles. The number of hydrogen-bond donors (Lipinski definition) is 1. The fourth-order valence-corrected chi connectivity index (χ4v) is 1.00. The Morgan fingerprint density at radius 3 is 2.93 bits per heavy atom. The fourth-order valence-electron chi connectivity index (χ4n) is 1.00. The number of pyridine rings is 1. The molecule has 0 spiro atoms. The van der Waals surface area contributed by atoms with Crippen molar-refractivity contribution in [3.63, 3.8) is 0 Å². The van der Waals surface area contributed by atoms with Crippen molar-refractivity contribution in [3.05, 3.63) is 29.8 Å². The second-order valence-electron chi connectivity index (χ2n) is 2.96. The lowest BCUT2D eigenvalue weighted by molar-refractivity contribution is 0.0940. The minimum absolute atomic E-state index is 0.158. The van der Waals surface area contributed by atoms with Crippen LogP contribution in [-0.4, -0.2) is 16.9 Å². The number of carbonyl (C=O) groups excluding carboxylic acids is 1. The van der Waals surface area contributed by atoms with Gasteiger partial charge < -0.3 is 5.32 Å². The molecule has 78 valence electrons. The summed E-state index contributed by atoms with van der Waals surface area (Å²) in [5.74, 6) is 1.56. The molecule has 1 heterocycles. The number of nitrogens with one attached hydrogen (secondary N) is 1. The summed E-state index contributed by atoms with van der Waals surface area (Å²) in [4.78, 5) is 15.1. The summed E-state index contributed by atoms with van der Waals surface area (Å²) in [6, 6.07) is 2.18. The third-order valence-electron chi connectivity index (χ3n) is 1.87. The number of rotatable bonds is 3. The highest BCUT2D eigenvalue weighted by Gasteiger charge is 2.10. The first kappa shape index (κ1) is 11.2. The van der Waals surface area contributed by atoms with Crippen molar-refractivity contribution in [2.75, 3.05) is 0 Å². The van der Waals surface area contributed by atoms with E-state index < -0.39 is 5.82 Å². The highest BCUT2D eigenvalue weighted by atomic mass is 19.1. The average Bonchev–Trinajstić information content (AvgIpc) is 2.26. The molecule has 0 aliphatic carbocycles. The smallest absolute Gasteiger partial charge is 0.270 e. The Balaban J connectivity index is 2.70. The first-order valence-corrected chi connectivity index (χ1v) is 4.56. The van der Waals surface area contributed by atoms with Gasteiger partial charge in [0.05, 0.1) is 12.2 Å². The zero-order valence-electron chi connectivity index (χ0n) is 8.33. The molecule has 1 N–H and O–H groups in total. The lowest BCUT2D eigenvalue weighted by Gasteiger charge is -2.09. The van der Waals surface area contributed by atoms with Crippen LogP contribution in [0, 0.1) is 18.2 Å². The van der Waals surface area contributed by atoms with Gasteiger partial charge in [-0.15, -0.1) is 6.42 Å². The van der Waals surface area contributed by atoms with Gasteiger partial charge in [0.25, 0.3) is 5.91 Å². The standard InChI is InChI=1S/C11H11FN2O/c1-3-9(4-2)14-11(15)10-6-5-8(12)7-13-10/h1,5-7,9H,4H2,2H3,(H,14,15). The molecule has 0 saturated heterocycles. The van der Waals surface area contributed by atoms with Crippen LogP contribution >= 0.6 is 0 Å². The van der Waals surface area contributed by atoms with E-state index in [0.717, 1.165) is 6.20 Å². The predicted octanol–water partition coefficient (Wildman–Crippen LogP) is 1.36. The number of terminal acetylenes is 1. The van der Waals surface area contributed by atoms with Crippen molar-refractivity contribution in [1.29, 1.82) is 0 Å². The third-order valence-corrected chi connectivity index (χ3v) is 1.87. The normalized spacial score (nSPS) is 11.5. The number of carbonyl (C=O) groups is 1. The Kier molecular flexibility index (Phi) is 3.81. The number of halogens is 1. The summed E-state index contributed by atoms with van der Waals surface area (Å²) in [6.07, 6.45) is 6.82. The van der Waals surface area contributed by atoms with Crippen molar-refractivity contribution in [1.82, 2.24) is 10.3 Å². The summed E-state index contributed by atoms with van der Waals surface area (Å²) in [6.45, 7) is 1.86. The quantitative estimate of drug-likeness (QED) is 0.759. The van der Waals surface area contributed by atoms with E-state index in [9.17, 15) is 9.18 Å². The maximum Gasteiger partial charge on any atom is 0.270 e. The van der Waals surface area contributed by atoms with Gasteiger partial charge in [-0.25, -0.2) is 9.37 Å². The zero-order chi connectivity index (χ0) is 11.3. The van der Waals surface area contributed by atoms with E-state index in [-0.39, 0.29) is 17.6 Å². The maximum atomic E-state index is 12.5. The van der Waals surface area contributed by atoms with E-state index in [0.29, 0.717) is 6.42 Å². The SMILES string of the molecule is C#CC(CC)NC(=O)c1ccc(F)cn1. The lowest BCUT2D eigenvalue weighted by Crippen LogP contribution is -2.33. The number of amides is 1. The van der Waals surface area contributed by atoms with E-state index >= 15 is 0 Å². The Morgan fingerprint density at radius 2 is 2.47 bits per heavy atom. The molecule has 1 amide bonds. The molecule has 0 fully saturated rings. The summed E-state index contributed by atoms with van der Waals surface area (Å²) in [7, 11) is 0. The third kappa shape index (κ3) is 3.06. The van der Waals surface area contributed by atoms with E-state index in [2.05, 4.69) is 16.2 Å². The van der Waals surface area contributed by atoms with Gasteiger partial charge in [0.15, 0.2) is 0 Å². The van der Waals surface area contributed by atoms with Crippen LogP contribution in [-0.2, 0) is 0 Å². The molecule has 0 aliphatic heterocycles. The van der Waals surface area contributed by atoms with Crippen LogP contribution in [0.5, 0.6) is 0 Å². The average molecular weight is 206 g/mol. The van der Waals surface area contributed by atoms with Gasteiger partial charge in [-0.3, -0.25) is 4.79 Å². The Bertz CT molecular complexity index is 381. The van der Waals surface area contributed by atoms with Crippen LogP contribution in [0.4, 0.5) is 4.39 Å². The second kappa shape index (κ2) is 5.11. The fraction of sp³-hybridized carbons (Fsp3) is 0.273. The molecule has 1 aromatic rings. The van der Waals surface area contributed by atoms with Crippen LogP contribution in [0.15, 0.2) is 18.3 Å². The van der Waals surface area contributed by atoms with Gasteiger partial charge >= 0.3 is 0 Å². The Labute approximate surface area is 87.7 Å². The molecule has 4 heteroatoms.